The van der Waals surface area contributed by atoms with Crippen molar-refractivity contribution < 1.29 is 4.79 Å². The predicted molar refractivity (Wildman–Crippen MR) is 87.7 cm³/mol. The van der Waals surface area contributed by atoms with Crippen LogP contribution >= 0.6 is 11.8 Å². The molecule has 1 N–H and O–H groups in total. The van der Waals surface area contributed by atoms with Crippen molar-refractivity contribution in [2.45, 2.75) is 10.9 Å². The summed E-state index contributed by atoms with van der Waals surface area (Å²) in [5, 5.41) is 3.35. The Morgan fingerprint density at radius 2 is 2.23 bits per heavy atom. The number of piperazine rings is 1. The minimum absolute atomic E-state index is 0.0117. The van der Waals surface area contributed by atoms with Crippen LogP contribution in [0, 0.1) is 0 Å². The number of nitrogens with one attached hydrogen (secondary N) is 1. The summed E-state index contributed by atoms with van der Waals surface area (Å²) in [6, 6.07) is 10.1. The lowest BCUT2D eigenvalue weighted by Crippen LogP contribution is -2.50. The fraction of sp³-hybridized carbons (Fsp3) is 0.375. The van der Waals surface area contributed by atoms with Crippen LogP contribution < -0.4 is 5.32 Å². The van der Waals surface area contributed by atoms with Crippen molar-refractivity contribution in [3.05, 3.63) is 48.5 Å². The number of rotatable bonds is 4. The van der Waals surface area contributed by atoms with E-state index in [4.69, 9.17) is 0 Å². The van der Waals surface area contributed by atoms with Gasteiger partial charge in [-0.15, -0.1) is 11.8 Å². The third-order valence-corrected chi connectivity index (χ3v) is 4.82. The molecule has 116 valence electrons. The van der Waals surface area contributed by atoms with Gasteiger partial charge in [0.2, 0.25) is 5.91 Å². The molecule has 1 fully saturated rings. The largest absolute Gasteiger partial charge is 0.336 e. The van der Waals surface area contributed by atoms with Gasteiger partial charge in [0.05, 0.1) is 5.75 Å². The third-order valence-electron chi connectivity index (χ3n) is 3.83. The highest BCUT2D eigenvalue weighted by atomic mass is 32.2. The first-order valence-corrected chi connectivity index (χ1v) is 8.39. The average Bonchev–Trinajstić information content (AvgIpc) is 2.99. The first kappa shape index (κ1) is 15.1. The Hall–Kier alpha value is -1.79. The standard InChI is InChI=1S/C16H20N4OS/c1-19-9-8-18-16(19)14-11-17-7-10-20(14)15(21)12-22-13-5-3-2-4-6-13/h2-6,8-9,14,17H,7,10-12H2,1H3. The Morgan fingerprint density at radius 3 is 2.95 bits per heavy atom. The van der Waals surface area contributed by atoms with E-state index in [1.165, 1.54) is 0 Å². The quantitative estimate of drug-likeness (QED) is 0.872. The minimum Gasteiger partial charge on any atom is -0.336 e. The molecule has 22 heavy (non-hydrogen) atoms. The van der Waals surface area contributed by atoms with Gasteiger partial charge in [0.1, 0.15) is 11.9 Å². The fourth-order valence-corrected chi connectivity index (χ4v) is 3.48. The number of aromatic nitrogens is 2. The summed E-state index contributed by atoms with van der Waals surface area (Å²) in [7, 11) is 1.97. The summed E-state index contributed by atoms with van der Waals surface area (Å²) in [4.78, 5) is 20.1. The first-order chi connectivity index (χ1) is 10.8. The molecule has 2 heterocycles. The maximum atomic E-state index is 12.6. The van der Waals surface area contributed by atoms with E-state index in [1.807, 2.05) is 53.0 Å². The normalized spacial score (nSPS) is 18.4. The highest BCUT2D eigenvalue weighted by Gasteiger charge is 2.30. The summed E-state index contributed by atoms with van der Waals surface area (Å²) in [6.45, 7) is 2.32. The number of hydrogen-bond acceptors (Lipinski definition) is 4. The van der Waals surface area contributed by atoms with Crippen LogP contribution in [0.3, 0.4) is 0 Å². The number of carbonyl (C=O) groups excluding carboxylic acids is 1. The lowest BCUT2D eigenvalue weighted by molar-refractivity contribution is -0.131. The number of benzene rings is 1. The number of thioether (sulfide) groups is 1. The van der Waals surface area contributed by atoms with Crippen LogP contribution in [0.1, 0.15) is 11.9 Å². The number of imidazole rings is 1. The van der Waals surface area contributed by atoms with Crippen molar-refractivity contribution in [2.75, 3.05) is 25.4 Å². The van der Waals surface area contributed by atoms with Gasteiger partial charge >= 0.3 is 0 Å². The highest BCUT2D eigenvalue weighted by molar-refractivity contribution is 8.00. The van der Waals surface area contributed by atoms with Crippen molar-refractivity contribution >= 4 is 17.7 Å². The van der Waals surface area contributed by atoms with E-state index in [-0.39, 0.29) is 11.9 Å². The van der Waals surface area contributed by atoms with Crippen molar-refractivity contribution in [2.24, 2.45) is 7.05 Å². The van der Waals surface area contributed by atoms with Gasteiger partial charge in [-0.25, -0.2) is 4.98 Å². The summed E-state index contributed by atoms with van der Waals surface area (Å²) in [6.07, 6.45) is 3.70. The molecule has 1 aromatic carbocycles. The first-order valence-electron chi connectivity index (χ1n) is 7.41. The van der Waals surface area contributed by atoms with E-state index in [9.17, 15) is 4.79 Å². The van der Waals surface area contributed by atoms with Crippen LogP contribution in [0.4, 0.5) is 0 Å². The molecule has 0 bridgehead atoms. The Balaban J connectivity index is 1.68. The lowest BCUT2D eigenvalue weighted by Gasteiger charge is -2.35. The number of amides is 1. The average molecular weight is 316 g/mol. The molecule has 1 unspecified atom stereocenters. The molecular formula is C16H20N4OS. The highest BCUT2D eigenvalue weighted by Crippen LogP contribution is 2.23. The van der Waals surface area contributed by atoms with Crippen molar-refractivity contribution in [3.63, 3.8) is 0 Å². The van der Waals surface area contributed by atoms with Crippen molar-refractivity contribution in [1.82, 2.24) is 19.8 Å². The van der Waals surface area contributed by atoms with Gasteiger partial charge in [0.25, 0.3) is 0 Å². The molecule has 1 atom stereocenters. The van der Waals surface area contributed by atoms with Gasteiger partial charge in [-0.05, 0) is 12.1 Å². The number of carbonyl (C=O) groups is 1. The Kier molecular flexibility index (Phi) is 4.80. The molecular weight excluding hydrogens is 296 g/mol. The van der Waals surface area contributed by atoms with E-state index in [0.29, 0.717) is 5.75 Å². The second-order valence-electron chi connectivity index (χ2n) is 5.31. The molecule has 2 aromatic rings. The zero-order valence-electron chi connectivity index (χ0n) is 12.6. The van der Waals surface area contributed by atoms with Crippen LogP contribution in [0.5, 0.6) is 0 Å². The molecule has 6 heteroatoms. The van der Waals surface area contributed by atoms with Crippen LogP contribution in [0.2, 0.25) is 0 Å². The summed E-state index contributed by atoms with van der Waals surface area (Å²) >= 11 is 1.59. The number of aryl methyl sites for hydroxylation is 1. The molecule has 0 spiro atoms. The van der Waals surface area contributed by atoms with E-state index >= 15 is 0 Å². The topological polar surface area (TPSA) is 50.2 Å². The van der Waals surface area contributed by atoms with Gasteiger partial charge in [0, 0.05) is 44.0 Å². The second kappa shape index (κ2) is 6.98. The minimum atomic E-state index is 0.0117. The van der Waals surface area contributed by atoms with Crippen LogP contribution in [-0.2, 0) is 11.8 Å². The molecule has 3 rings (SSSR count). The predicted octanol–water partition coefficient (Wildman–Crippen LogP) is 1.69. The zero-order valence-corrected chi connectivity index (χ0v) is 13.4. The SMILES string of the molecule is Cn1ccnc1C1CNCCN1C(=O)CSc1ccccc1. The fourth-order valence-electron chi connectivity index (χ4n) is 2.68. The van der Waals surface area contributed by atoms with E-state index < -0.39 is 0 Å². The van der Waals surface area contributed by atoms with Gasteiger partial charge in [-0.1, -0.05) is 18.2 Å². The number of hydrogen-bond donors (Lipinski definition) is 1. The maximum Gasteiger partial charge on any atom is 0.233 e. The summed E-state index contributed by atoms with van der Waals surface area (Å²) in [5.41, 5.74) is 0. The third kappa shape index (κ3) is 3.34. The van der Waals surface area contributed by atoms with Gasteiger partial charge in [-0.2, -0.15) is 0 Å². The molecule has 1 amide bonds. The lowest BCUT2D eigenvalue weighted by atomic mass is 10.1. The van der Waals surface area contributed by atoms with Crippen molar-refractivity contribution in [3.8, 4) is 0 Å². The Bertz CT molecular complexity index is 628. The Labute approximate surface area is 134 Å². The van der Waals surface area contributed by atoms with Gasteiger partial charge < -0.3 is 14.8 Å². The van der Waals surface area contributed by atoms with Gasteiger partial charge in [0.15, 0.2) is 0 Å². The monoisotopic (exact) mass is 316 g/mol. The Morgan fingerprint density at radius 1 is 1.41 bits per heavy atom. The van der Waals surface area contributed by atoms with Crippen LogP contribution in [-0.4, -0.2) is 45.7 Å². The zero-order chi connectivity index (χ0) is 15.4. The molecule has 0 aliphatic carbocycles. The molecule has 5 nitrogen and oxygen atoms in total. The van der Waals surface area contributed by atoms with E-state index in [1.54, 1.807) is 18.0 Å². The van der Waals surface area contributed by atoms with Gasteiger partial charge in [-0.3, -0.25) is 4.79 Å². The molecule has 1 aliphatic rings. The second-order valence-corrected chi connectivity index (χ2v) is 6.35. The smallest absolute Gasteiger partial charge is 0.233 e. The molecule has 1 aliphatic heterocycles. The number of nitrogens with zero attached hydrogens (tertiary/aromatic N) is 3. The summed E-state index contributed by atoms with van der Waals surface area (Å²) < 4.78 is 1.99. The van der Waals surface area contributed by atoms with Crippen LogP contribution in [0.15, 0.2) is 47.6 Å². The van der Waals surface area contributed by atoms with Crippen LogP contribution in [0.25, 0.3) is 0 Å². The van der Waals surface area contributed by atoms with E-state index in [0.717, 1.165) is 30.4 Å². The summed E-state index contributed by atoms with van der Waals surface area (Å²) in [5.74, 6) is 1.57. The molecule has 0 saturated carbocycles. The maximum absolute atomic E-state index is 12.6. The molecule has 1 saturated heterocycles. The van der Waals surface area contributed by atoms with Crippen molar-refractivity contribution in [1.29, 1.82) is 0 Å². The molecule has 1 aromatic heterocycles. The molecule has 0 radical (unpaired) electrons. The van der Waals surface area contributed by atoms with E-state index in [2.05, 4.69) is 10.3 Å².